The molecule has 3 rings (SSSR count). The first kappa shape index (κ1) is 20.1. The number of halogens is 2. The van der Waals surface area contributed by atoms with Gasteiger partial charge in [-0.3, -0.25) is 0 Å². The summed E-state index contributed by atoms with van der Waals surface area (Å²) in [7, 11) is 0. The van der Waals surface area contributed by atoms with Crippen LogP contribution in [0.3, 0.4) is 0 Å². The second kappa shape index (κ2) is 7.75. The standard InChI is InChI=1S/C15H11F2N2O3S.3CH3.Sn/c1-2-21-15-18-13-11(23-15)7-8-12(20)19(13)9-3-5-10(6-4-9)22-14(16)17;;;;/h3-7,14H,2H2,1H3;3*1H3;. The molecule has 0 fully saturated rings. The molecule has 0 atom stereocenters. The van der Waals surface area contributed by atoms with Gasteiger partial charge in [-0.2, -0.15) is 0 Å². The number of pyridine rings is 1. The summed E-state index contributed by atoms with van der Waals surface area (Å²) in [5, 5.41) is 0.500. The van der Waals surface area contributed by atoms with Crippen LogP contribution in [-0.4, -0.2) is 41.1 Å². The Morgan fingerprint density at radius 3 is 2.44 bits per heavy atom. The Labute approximate surface area is 163 Å². The maximum absolute atomic E-state index is 13.2. The van der Waals surface area contributed by atoms with Gasteiger partial charge in [0.1, 0.15) is 0 Å². The Bertz CT molecular complexity index is 1010. The maximum atomic E-state index is 13.2. The third kappa shape index (κ3) is 4.26. The van der Waals surface area contributed by atoms with Gasteiger partial charge in [0.2, 0.25) is 0 Å². The number of benzene rings is 1. The van der Waals surface area contributed by atoms with Crippen molar-refractivity contribution in [2.24, 2.45) is 0 Å². The summed E-state index contributed by atoms with van der Waals surface area (Å²) < 4.78 is 37.9. The molecule has 0 unspecified atom stereocenters. The quantitative estimate of drug-likeness (QED) is 0.480. The van der Waals surface area contributed by atoms with Crippen molar-refractivity contribution in [2.75, 3.05) is 6.61 Å². The zero-order valence-electron chi connectivity index (χ0n) is 15.5. The fraction of sp³-hybridized carbons (Fsp3) is 0.333. The van der Waals surface area contributed by atoms with E-state index in [1.165, 1.54) is 28.0 Å². The molecular weight excluding hydrogens is 481 g/mol. The van der Waals surface area contributed by atoms with E-state index in [1.807, 2.05) is 13.0 Å². The molecule has 0 amide bonds. The number of thiazole rings is 1. The average Bonchev–Trinajstić information content (AvgIpc) is 2.96. The van der Waals surface area contributed by atoms with E-state index in [9.17, 15) is 13.6 Å². The van der Waals surface area contributed by atoms with Crippen LogP contribution in [0, 0.1) is 0 Å². The molecule has 0 aliphatic rings. The first-order valence-corrected chi connectivity index (χ1v) is 19.3. The van der Waals surface area contributed by atoms with Crippen LogP contribution in [0.2, 0.25) is 14.8 Å². The van der Waals surface area contributed by atoms with Gasteiger partial charge in [-0.1, -0.05) is 0 Å². The number of hydrogen-bond donors (Lipinski definition) is 0. The van der Waals surface area contributed by atoms with E-state index in [0.29, 0.717) is 23.1 Å². The number of rotatable bonds is 6. The summed E-state index contributed by atoms with van der Waals surface area (Å²) in [5.41, 5.74) is 0.953. The molecule has 2 aromatic heterocycles. The van der Waals surface area contributed by atoms with Crippen LogP contribution in [0.25, 0.3) is 16.0 Å². The Morgan fingerprint density at radius 1 is 1.22 bits per heavy atom. The molecule has 0 N–H and O–H groups in total. The van der Waals surface area contributed by atoms with Crippen LogP contribution < -0.4 is 18.6 Å². The zero-order chi connectivity index (χ0) is 19.8. The molecule has 0 aliphatic heterocycles. The molecule has 27 heavy (non-hydrogen) atoms. The van der Waals surface area contributed by atoms with E-state index in [-0.39, 0.29) is 11.3 Å². The van der Waals surface area contributed by atoms with Crippen molar-refractivity contribution < 1.29 is 18.3 Å². The number of aromatic nitrogens is 2. The Kier molecular flexibility index (Phi) is 5.76. The summed E-state index contributed by atoms with van der Waals surface area (Å²) in [6.45, 7) is -0.539. The number of ether oxygens (including phenoxy) is 2. The van der Waals surface area contributed by atoms with Gasteiger partial charge in [0.05, 0.1) is 0 Å². The molecule has 9 heteroatoms. The van der Waals surface area contributed by atoms with Gasteiger partial charge in [-0.05, 0) is 0 Å². The molecule has 0 bridgehead atoms. The van der Waals surface area contributed by atoms with E-state index < -0.39 is 25.0 Å². The molecule has 0 saturated heterocycles. The summed E-state index contributed by atoms with van der Waals surface area (Å²) in [6, 6.07) is 7.95. The summed E-state index contributed by atoms with van der Waals surface area (Å²) in [5.74, 6) is 0.0393. The number of nitrogens with zero attached hydrogens (tertiary/aromatic N) is 2. The Hall–Kier alpha value is -1.68. The molecule has 3 aromatic rings. The topological polar surface area (TPSA) is 53.3 Å². The first-order valence-electron chi connectivity index (χ1n) is 8.46. The molecular formula is C18H20F2N2O3SSn. The first-order chi connectivity index (χ1) is 12.7. The molecule has 0 aliphatic carbocycles. The van der Waals surface area contributed by atoms with Crippen molar-refractivity contribution in [1.29, 1.82) is 0 Å². The van der Waals surface area contributed by atoms with E-state index in [1.54, 1.807) is 12.1 Å². The molecule has 0 radical (unpaired) electrons. The predicted molar refractivity (Wildman–Crippen MR) is 106 cm³/mol. The molecule has 2 heterocycles. The van der Waals surface area contributed by atoms with Crippen molar-refractivity contribution in [2.45, 2.75) is 28.4 Å². The van der Waals surface area contributed by atoms with Gasteiger partial charge in [0, 0.05) is 0 Å². The molecule has 0 spiro atoms. The number of fused-ring (bicyclic) bond motifs is 1. The van der Waals surface area contributed by atoms with E-state index >= 15 is 0 Å². The van der Waals surface area contributed by atoms with Crippen molar-refractivity contribution >= 4 is 43.6 Å². The SMILES string of the molecule is CCOc1nc2c(c[c]([Sn]([CH3])([CH3])[CH3])c(=O)n2-c2ccc(OC(F)F)cc2)s1. The van der Waals surface area contributed by atoms with E-state index in [4.69, 9.17) is 4.74 Å². The monoisotopic (exact) mass is 502 g/mol. The van der Waals surface area contributed by atoms with Crippen LogP contribution in [0.5, 0.6) is 10.9 Å². The minimum absolute atomic E-state index is 0.0393. The van der Waals surface area contributed by atoms with Gasteiger partial charge in [0.15, 0.2) is 0 Å². The summed E-state index contributed by atoms with van der Waals surface area (Å²) in [4.78, 5) is 24.2. The minimum atomic E-state index is -2.89. The molecule has 144 valence electrons. The number of hydrogen-bond acceptors (Lipinski definition) is 5. The van der Waals surface area contributed by atoms with E-state index in [2.05, 4.69) is 24.5 Å². The van der Waals surface area contributed by atoms with Gasteiger partial charge in [-0.25, -0.2) is 0 Å². The van der Waals surface area contributed by atoms with Crippen LogP contribution in [0.1, 0.15) is 6.92 Å². The van der Waals surface area contributed by atoms with Crippen LogP contribution >= 0.6 is 11.3 Å². The Balaban J connectivity index is 2.22. The van der Waals surface area contributed by atoms with Crippen molar-refractivity contribution in [3.8, 4) is 16.6 Å². The average molecular weight is 501 g/mol. The molecule has 0 saturated carbocycles. The third-order valence-corrected chi connectivity index (χ3v) is 10.5. The normalized spacial score (nSPS) is 12.0. The predicted octanol–water partition coefficient (Wildman–Crippen LogP) is 3.99. The molecule has 1 aromatic carbocycles. The van der Waals surface area contributed by atoms with Crippen LogP contribution in [0.4, 0.5) is 8.78 Å². The fourth-order valence-electron chi connectivity index (χ4n) is 2.71. The van der Waals surface area contributed by atoms with Crippen molar-refractivity contribution in [3.63, 3.8) is 0 Å². The van der Waals surface area contributed by atoms with Crippen LogP contribution in [-0.2, 0) is 0 Å². The van der Waals surface area contributed by atoms with Gasteiger partial charge in [0.25, 0.3) is 0 Å². The number of alkyl halides is 2. The van der Waals surface area contributed by atoms with Crippen LogP contribution in [0.15, 0.2) is 35.1 Å². The van der Waals surface area contributed by atoms with Crippen molar-refractivity contribution in [1.82, 2.24) is 9.55 Å². The van der Waals surface area contributed by atoms with Gasteiger partial charge in [-0.15, -0.1) is 0 Å². The van der Waals surface area contributed by atoms with Gasteiger partial charge >= 0.3 is 164 Å². The fourth-order valence-corrected chi connectivity index (χ4v) is 7.71. The van der Waals surface area contributed by atoms with E-state index in [0.717, 1.165) is 8.28 Å². The summed E-state index contributed by atoms with van der Waals surface area (Å²) in [6.07, 6.45) is 0. The van der Waals surface area contributed by atoms with Gasteiger partial charge < -0.3 is 0 Å². The summed E-state index contributed by atoms with van der Waals surface area (Å²) >= 11 is -1.31. The van der Waals surface area contributed by atoms with Crippen molar-refractivity contribution in [3.05, 3.63) is 40.7 Å². The molecule has 5 nitrogen and oxygen atoms in total. The second-order valence-electron chi connectivity index (χ2n) is 6.92. The second-order valence-corrected chi connectivity index (χ2v) is 22.3. The Morgan fingerprint density at radius 2 is 1.89 bits per heavy atom. The third-order valence-electron chi connectivity index (χ3n) is 3.93. The zero-order valence-corrected chi connectivity index (χ0v) is 19.1.